The highest BCUT2D eigenvalue weighted by molar-refractivity contribution is 5.82. The lowest BCUT2D eigenvalue weighted by Crippen LogP contribution is -1.70. The van der Waals surface area contributed by atoms with Gasteiger partial charge in [0.15, 0.2) is 0 Å². The van der Waals surface area contributed by atoms with Crippen LogP contribution < -0.4 is 0 Å². The summed E-state index contributed by atoms with van der Waals surface area (Å²) in [5.41, 5.74) is 0. The highest BCUT2D eigenvalue weighted by Gasteiger charge is 1.91. The minimum Gasteiger partial charge on any atom is -0.508 e. The summed E-state index contributed by atoms with van der Waals surface area (Å²) in [6, 6.07) is 14.0. The third kappa shape index (κ3) is 1.05. The van der Waals surface area contributed by atoms with Crippen molar-refractivity contribution in [2.45, 2.75) is 0 Å². The smallest absolute Gasteiger partial charge is 0.116 e. The Kier molecular flexibility index (Phi) is 1.29. The summed E-state index contributed by atoms with van der Waals surface area (Å²) in [4.78, 5) is 0. The van der Waals surface area contributed by atoms with Crippen LogP contribution in [0.25, 0.3) is 10.8 Å². The zero-order valence-electron chi connectivity index (χ0n) is 5.91. The summed E-state index contributed by atoms with van der Waals surface area (Å²) in [5.74, 6) is 0.292. The van der Waals surface area contributed by atoms with Crippen molar-refractivity contribution >= 4 is 10.8 Å². The summed E-state index contributed by atoms with van der Waals surface area (Å²) >= 11 is 0. The Labute approximate surface area is 64.9 Å². The molecule has 1 radical (unpaired) electrons. The van der Waals surface area contributed by atoms with Crippen molar-refractivity contribution in [2.75, 3.05) is 0 Å². The summed E-state index contributed by atoms with van der Waals surface area (Å²) < 4.78 is 0. The molecule has 0 amide bonds. The maximum absolute atomic E-state index is 9.11. The summed E-state index contributed by atoms with van der Waals surface area (Å²) in [6.07, 6.45) is 0. The van der Waals surface area contributed by atoms with Crippen LogP contribution in [-0.2, 0) is 0 Å². The highest BCUT2D eigenvalue weighted by atomic mass is 16.3. The van der Waals surface area contributed by atoms with Gasteiger partial charge in [0, 0.05) is 0 Å². The predicted molar refractivity (Wildman–Crippen MR) is 44.4 cm³/mol. The van der Waals surface area contributed by atoms with Gasteiger partial charge in [0.1, 0.15) is 5.75 Å². The molecule has 0 unspecified atom stereocenters. The fourth-order valence-corrected chi connectivity index (χ4v) is 1.10. The second-order valence-electron chi connectivity index (χ2n) is 2.44. The molecule has 1 heteroatoms. The zero-order valence-corrected chi connectivity index (χ0v) is 5.91. The molecular formula is C10H7O. The molecule has 0 atom stereocenters. The zero-order chi connectivity index (χ0) is 7.68. The van der Waals surface area contributed by atoms with Gasteiger partial charge in [0.2, 0.25) is 0 Å². The minimum atomic E-state index is 0.292. The summed E-state index contributed by atoms with van der Waals surface area (Å²) in [7, 11) is 0. The minimum absolute atomic E-state index is 0.292. The van der Waals surface area contributed by atoms with Gasteiger partial charge < -0.3 is 5.11 Å². The van der Waals surface area contributed by atoms with Gasteiger partial charge >= 0.3 is 0 Å². The van der Waals surface area contributed by atoms with Crippen LogP contribution >= 0.6 is 0 Å². The van der Waals surface area contributed by atoms with Gasteiger partial charge in [-0.2, -0.15) is 0 Å². The number of aromatic hydroxyl groups is 1. The first-order chi connectivity index (χ1) is 5.36. The van der Waals surface area contributed by atoms with E-state index in [0.29, 0.717) is 5.75 Å². The molecular weight excluding hydrogens is 136 g/mol. The normalized spacial score (nSPS) is 10.2. The van der Waals surface area contributed by atoms with Gasteiger partial charge in [0.25, 0.3) is 0 Å². The molecule has 53 valence electrons. The first-order valence-corrected chi connectivity index (χ1v) is 3.46. The Balaban J connectivity index is 2.83. The maximum Gasteiger partial charge on any atom is 0.116 e. The van der Waals surface area contributed by atoms with Crippen molar-refractivity contribution in [1.82, 2.24) is 0 Å². The van der Waals surface area contributed by atoms with Crippen LogP contribution in [0, 0.1) is 6.07 Å². The Morgan fingerprint density at radius 3 is 3.00 bits per heavy atom. The molecule has 0 spiro atoms. The molecule has 11 heavy (non-hydrogen) atoms. The molecule has 0 aliphatic carbocycles. The lowest BCUT2D eigenvalue weighted by atomic mass is 10.1. The van der Waals surface area contributed by atoms with Crippen LogP contribution in [0.15, 0.2) is 36.4 Å². The molecule has 0 heterocycles. The van der Waals surface area contributed by atoms with Crippen molar-refractivity contribution in [1.29, 1.82) is 0 Å². The maximum atomic E-state index is 9.11. The van der Waals surface area contributed by atoms with Crippen molar-refractivity contribution < 1.29 is 5.11 Å². The molecule has 0 aromatic heterocycles. The Bertz CT molecular complexity index is 379. The fraction of sp³-hybridized carbons (Fsp3) is 0. The van der Waals surface area contributed by atoms with Crippen molar-refractivity contribution in [3.63, 3.8) is 0 Å². The van der Waals surface area contributed by atoms with Gasteiger partial charge in [-0.15, -0.1) is 0 Å². The van der Waals surface area contributed by atoms with Crippen LogP contribution in [0.4, 0.5) is 0 Å². The van der Waals surface area contributed by atoms with Crippen LogP contribution in [0.1, 0.15) is 0 Å². The average Bonchev–Trinajstić information content (AvgIpc) is 2.04. The molecule has 0 aliphatic heterocycles. The van der Waals surface area contributed by atoms with Crippen LogP contribution in [-0.4, -0.2) is 5.11 Å². The number of hydrogen-bond donors (Lipinski definition) is 1. The molecule has 0 aliphatic rings. The van der Waals surface area contributed by atoms with Gasteiger partial charge in [0.05, 0.1) is 0 Å². The monoisotopic (exact) mass is 143 g/mol. The average molecular weight is 143 g/mol. The number of fused-ring (bicyclic) bond motifs is 1. The molecule has 1 N–H and O–H groups in total. The number of phenolic OH excluding ortho intramolecular Hbond substituents is 1. The molecule has 1 nitrogen and oxygen atoms in total. The van der Waals surface area contributed by atoms with E-state index < -0.39 is 0 Å². The number of phenols is 1. The van der Waals surface area contributed by atoms with Gasteiger partial charge in [-0.25, -0.2) is 0 Å². The summed E-state index contributed by atoms with van der Waals surface area (Å²) in [5, 5.41) is 11.2. The first kappa shape index (κ1) is 6.23. The second-order valence-corrected chi connectivity index (χ2v) is 2.44. The van der Waals surface area contributed by atoms with Crippen LogP contribution in [0.3, 0.4) is 0 Å². The van der Waals surface area contributed by atoms with E-state index >= 15 is 0 Å². The SMILES string of the molecule is Oc1ccc2ccc[c]c2c1. The molecule has 2 rings (SSSR count). The van der Waals surface area contributed by atoms with Gasteiger partial charge in [-0.05, 0) is 29.0 Å². The van der Waals surface area contributed by atoms with E-state index in [4.69, 9.17) is 5.11 Å². The van der Waals surface area contributed by atoms with Crippen molar-refractivity contribution in [3.05, 3.63) is 42.5 Å². The second kappa shape index (κ2) is 2.27. The van der Waals surface area contributed by atoms with Crippen molar-refractivity contribution in [3.8, 4) is 5.75 Å². The standard InChI is InChI=1S/C10H7O/c11-10-6-5-8-3-1-2-4-9(8)7-10/h1-3,5-7,11H. The van der Waals surface area contributed by atoms with E-state index in [1.807, 2.05) is 24.3 Å². The quantitative estimate of drug-likeness (QED) is 0.600. The molecule has 2 aromatic rings. The molecule has 0 saturated carbocycles. The van der Waals surface area contributed by atoms with Crippen molar-refractivity contribution in [2.24, 2.45) is 0 Å². The lowest BCUT2D eigenvalue weighted by molar-refractivity contribution is 0.476. The molecule has 0 bridgehead atoms. The highest BCUT2D eigenvalue weighted by Crippen LogP contribution is 2.18. The topological polar surface area (TPSA) is 20.2 Å². The predicted octanol–water partition coefficient (Wildman–Crippen LogP) is 2.35. The molecule has 2 aromatic carbocycles. The molecule has 0 fully saturated rings. The third-order valence-corrected chi connectivity index (χ3v) is 1.65. The first-order valence-electron chi connectivity index (χ1n) is 3.46. The van der Waals surface area contributed by atoms with E-state index in [1.54, 1.807) is 12.1 Å². The van der Waals surface area contributed by atoms with E-state index in [-0.39, 0.29) is 0 Å². The molecule has 0 saturated heterocycles. The third-order valence-electron chi connectivity index (χ3n) is 1.65. The Morgan fingerprint density at radius 1 is 1.18 bits per heavy atom. The Morgan fingerprint density at radius 2 is 2.09 bits per heavy atom. The number of rotatable bonds is 0. The van der Waals surface area contributed by atoms with Gasteiger partial charge in [-0.1, -0.05) is 24.3 Å². The van der Waals surface area contributed by atoms with Crippen LogP contribution in [0.5, 0.6) is 5.75 Å². The van der Waals surface area contributed by atoms with Crippen LogP contribution in [0.2, 0.25) is 0 Å². The van der Waals surface area contributed by atoms with E-state index in [1.165, 1.54) is 0 Å². The Hall–Kier alpha value is -1.50. The van der Waals surface area contributed by atoms with E-state index in [9.17, 15) is 0 Å². The largest absolute Gasteiger partial charge is 0.508 e. The number of hydrogen-bond acceptors (Lipinski definition) is 1. The van der Waals surface area contributed by atoms with E-state index in [2.05, 4.69) is 6.07 Å². The fourth-order valence-electron chi connectivity index (χ4n) is 1.10. The summed E-state index contributed by atoms with van der Waals surface area (Å²) in [6.45, 7) is 0. The van der Waals surface area contributed by atoms with E-state index in [0.717, 1.165) is 10.8 Å². The lowest BCUT2D eigenvalue weighted by Gasteiger charge is -1.95. The van der Waals surface area contributed by atoms with Gasteiger partial charge in [-0.3, -0.25) is 0 Å². The number of benzene rings is 2.